The molecule has 0 bridgehead atoms. The van der Waals surface area contributed by atoms with E-state index in [9.17, 15) is 0 Å². The molecule has 1 saturated heterocycles. The fourth-order valence-electron chi connectivity index (χ4n) is 3.96. The van der Waals surface area contributed by atoms with Gasteiger partial charge in [0.15, 0.2) is 0 Å². The van der Waals surface area contributed by atoms with Crippen molar-refractivity contribution < 1.29 is 4.74 Å². The lowest BCUT2D eigenvalue weighted by Crippen LogP contribution is -2.31. The molecule has 2 aliphatic rings. The van der Waals surface area contributed by atoms with Crippen molar-refractivity contribution in [2.75, 3.05) is 37.7 Å². The van der Waals surface area contributed by atoms with Gasteiger partial charge in [-0.25, -0.2) is 0 Å². The molecule has 0 spiro atoms. The highest BCUT2D eigenvalue weighted by atomic mass is 32.1. The second-order valence-corrected chi connectivity index (χ2v) is 7.98. The van der Waals surface area contributed by atoms with Crippen LogP contribution in [0.15, 0.2) is 35.0 Å². The summed E-state index contributed by atoms with van der Waals surface area (Å²) >= 11 is 1.78. The summed E-state index contributed by atoms with van der Waals surface area (Å²) in [4.78, 5) is 5.06. The Hall–Kier alpha value is -1.52. The molecule has 0 radical (unpaired) electrons. The first-order chi connectivity index (χ1) is 12.4. The minimum atomic E-state index is 0.827. The Kier molecular flexibility index (Phi) is 5.58. The van der Waals surface area contributed by atoms with E-state index in [1.165, 1.54) is 55.7 Å². The Morgan fingerprint density at radius 3 is 2.80 bits per heavy atom. The summed E-state index contributed by atoms with van der Waals surface area (Å²) in [7, 11) is 0. The number of benzene rings is 1. The van der Waals surface area contributed by atoms with Gasteiger partial charge >= 0.3 is 0 Å². The van der Waals surface area contributed by atoms with Gasteiger partial charge in [0.2, 0.25) is 0 Å². The summed E-state index contributed by atoms with van der Waals surface area (Å²) in [6, 6.07) is 8.87. The van der Waals surface area contributed by atoms with Crippen LogP contribution in [0, 0.1) is 0 Å². The lowest BCUT2D eigenvalue weighted by Gasteiger charge is -2.26. The van der Waals surface area contributed by atoms with Gasteiger partial charge in [0.1, 0.15) is 5.75 Å². The predicted octanol–water partition coefficient (Wildman–Crippen LogP) is 4.57. The molecular weight excluding hydrogens is 328 g/mol. The van der Waals surface area contributed by atoms with E-state index >= 15 is 0 Å². The Labute approximate surface area is 155 Å². The van der Waals surface area contributed by atoms with Gasteiger partial charge in [-0.1, -0.05) is 6.42 Å². The van der Waals surface area contributed by atoms with Gasteiger partial charge in [-0.15, -0.1) is 0 Å². The Morgan fingerprint density at radius 2 is 1.96 bits per heavy atom. The normalized spacial score (nSPS) is 17.7. The molecule has 0 saturated carbocycles. The summed E-state index contributed by atoms with van der Waals surface area (Å²) < 4.78 is 6.02. The molecule has 2 aliphatic heterocycles. The third-order valence-corrected chi connectivity index (χ3v) is 6.06. The van der Waals surface area contributed by atoms with E-state index in [0.717, 1.165) is 38.3 Å². The second-order valence-electron chi connectivity index (χ2n) is 7.20. The quantitative estimate of drug-likeness (QED) is 0.676. The van der Waals surface area contributed by atoms with Crippen LogP contribution >= 0.6 is 11.3 Å². The fourth-order valence-corrected chi connectivity index (χ4v) is 4.62. The van der Waals surface area contributed by atoms with E-state index in [0.29, 0.717) is 0 Å². The molecule has 1 aromatic heterocycles. The van der Waals surface area contributed by atoms with E-state index in [1.807, 2.05) is 0 Å². The molecule has 0 unspecified atom stereocenters. The van der Waals surface area contributed by atoms with Crippen molar-refractivity contribution in [3.63, 3.8) is 0 Å². The van der Waals surface area contributed by atoms with Crippen molar-refractivity contribution in [3.05, 3.63) is 46.2 Å². The monoisotopic (exact) mass is 356 g/mol. The van der Waals surface area contributed by atoms with Crippen LogP contribution < -0.4 is 9.64 Å². The van der Waals surface area contributed by atoms with Gasteiger partial charge in [-0.2, -0.15) is 11.3 Å². The van der Waals surface area contributed by atoms with Crippen molar-refractivity contribution in [2.24, 2.45) is 0 Å². The zero-order valence-electron chi connectivity index (χ0n) is 15.0. The summed E-state index contributed by atoms with van der Waals surface area (Å²) in [6.07, 6.45) is 6.40. The summed E-state index contributed by atoms with van der Waals surface area (Å²) in [5, 5.41) is 4.41. The number of likely N-dealkylation sites (tertiary alicyclic amines) is 1. The molecule has 0 N–H and O–H groups in total. The van der Waals surface area contributed by atoms with Crippen molar-refractivity contribution in [3.8, 4) is 5.75 Å². The maximum Gasteiger partial charge on any atom is 0.119 e. The standard InChI is InChI=1S/C21H28N2OS/c1-2-9-22(10-3-1)11-4-13-24-20-5-6-21-19(15-20)7-12-23(21)16-18-8-14-25-17-18/h5-6,8,14-15,17H,1-4,7,9-13,16H2. The van der Waals surface area contributed by atoms with Gasteiger partial charge in [-0.3, -0.25) is 0 Å². The van der Waals surface area contributed by atoms with Crippen LogP contribution in [0.5, 0.6) is 5.75 Å². The SMILES string of the molecule is c1cc(CN2CCc3cc(OCCCN4CCCCC4)ccc32)cs1. The van der Waals surface area contributed by atoms with Crippen molar-refractivity contribution in [2.45, 2.75) is 38.6 Å². The smallest absolute Gasteiger partial charge is 0.119 e. The zero-order valence-corrected chi connectivity index (χ0v) is 15.8. The predicted molar refractivity (Wildman–Crippen MR) is 106 cm³/mol. The minimum Gasteiger partial charge on any atom is -0.494 e. The lowest BCUT2D eigenvalue weighted by molar-refractivity contribution is 0.205. The molecule has 1 aromatic carbocycles. The van der Waals surface area contributed by atoms with Crippen LogP contribution in [0.2, 0.25) is 0 Å². The van der Waals surface area contributed by atoms with E-state index in [-0.39, 0.29) is 0 Å². The van der Waals surface area contributed by atoms with Gasteiger partial charge in [0, 0.05) is 25.3 Å². The number of hydrogen-bond donors (Lipinski definition) is 0. The number of rotatable bonds is 7. The molecule has 25 heavy (non-hydrogen) atoms. The van der Waals surface area contributed by atoms with Crippen molar-refractivity contribution >= 4 is 17.0 Å². The van der Waals surface area contributed by atoms with Crippen LogP contribution in [0.3, 0.4) is 0 Å². The number of piperidine rings is 1. The number of fused-ring (bicyclic) bond motifs is 1. The summed E-state index contributed by atoms with van der Waals surface area (Å²) in [5.41, 5.74) is 4.23. The molecule has 1 fully saturated rings. The molecule has 0 amide bonds. The number of ether oxygens (including phenoxy) is 1. The highest BCUT2D eigenvalue weighted by Gasteiger charge is 2.19. The second kappa shape index (κ2) is 8.24. The van der Waals surface area contributed by atoms with Gasteiger partial charge in [-0.05, 0) is 84.9 Å². The first-order valence-corrected chi connectivity index (χ1v) is 10.6. The maximum absolute atomic E-state index is 6.02. The van der Waals surface area contributed by atoms with Crippen LogP contribution in [-0.2, 0) is 13.0 Å². The molecule has 134 valence electrons. The molecular formula is C21H28N2OS. The average Bonchev–Trinajstić information content (AvgIpc) is 3.30. The lowest BCUT2D eigenvalue weighted by atomic mass is 10.1. The molecule has 3 heterocycles. The molecule has 0 atom stereocenters. The highest BCUT2D eigenvalue weighted by Crippen LogP contribution is 2.32. The van der Waals surface area contributed by atoms with Crippen LogP contribution in [-0.4, -0.2) is 37.7 Å². The van der Waals surface area contributed by atoms with E-state index in [2.05, 4.69) is 44.8 Å². The number of anilines is 1. The molecule has 3 nitrogen and oxygen atoms in total. The molecule has 0 aliphatic carbocycles. The van der Waals surface area contributed by atoms with Gasteiger partial charge in [0.25, 0.3) is 0 Å². The van der Waals surface area contributed by atoms with Gasteiger partial charge in [0.05, 0.1) is 6.61 Å². The third-order valence-electron chi connectivity index (χ3n) is 5.33. The first-order valence-electron chi connectivity index (χ1n) is 9.62. The Morgan fingerprint density at radius 1 is 1.04 bits per heavy atom. The highest BCUT2D eigenvalue weighted by molar-refractivity contribution is 7.07. The Balaban J connectivity index is 1.26. The van der Waals surface area contributed by atoms with Crippen LogP contribution in [0.1, 0.15) is 36.8 Å². The van der Waals surface area contributed by atoms with E-state index < -0.39 is 0 Å². The summed E-state index contributed by atoms with van der Waals surface area (Å²) in [5.74, 6) is 1.04. The summed E-state index contributed by atoms with van der Waals surface area (Å²) in [6.45, 7) is 6.70. The Bertz CT molecular complexity index is 665. The molecule has 4 heteroatoms. The number of nitrogens with zero attached hydrogens (tertiary/aromatic N) is 2. The van der Waals surface area contributed by atoms with E-state index in [1.54, 1.807) is 11.3 Å². The van der Waals surface area contributed by atoms with Crippen LogP contribution in [0.25, 0.3) is 0 Å². The fraction of sp³-hybridized carbons (Fsp3) is 0.524. The molecule has 4 rings (SSSR count). The largest absolute Gasteiger partial charge is 0.494 e. The first kappa shape index (κ1) is 16.9. The van der Waals surface area contributed by atoms with Crippen molar-refractivity contribution in [1.29, 1.82) is 0 Å². The van der Waals surface area contributed by atoms with Crippen LogP contribution in [0.4, 0.5) is 5.69 Å². The topological polar surface area (TPSA) is 15.7 Å². The molecule has 2 aromatic rings. The van der Waals surface area contributed by atoms with E-state index in [4.69, 9.17) is 4.74 Å². The number of hydrogen-bond acceptors (Lipinski definition) is 4. The average molecular weight is 357 g/mol. The number of thiophene rings is 1. The van der Waals surface area contributed by atoms with Gasteiger partial charge < -0.3 is 14.5 Å². The maximum atomic E-state index is 6.02. The third kappa shape index (κ3) is 4.36. The van der Waals surface area contributed by atoms with Crippen molar-refractivity contribution in [1.82, 2.24) is 4.90 Å². The minimum absolute atomic E-state index is 0.827. The zero-order chi connectivity index (χ0) is 16.9.